The minimum Gasteiger partial charge on any atom is -0.490 e. The summed E-state index contributed by atoms with van der Waals surface area (Å²) in [6.45, 7) is 1.23. The van der Waals surface area contributed by atoms with Gasteiger partial charge >= 0.3 is 0 Å². The van der Waals surface area contributed by atoms with Crippen LogP contribution in [0.25, 0.3) is 0 Å². The van der Waals surface area contributed by atoms with Gasteiger partial charge in [0.1, 0.15) is 18.5 Å². The van der Waals surface area contributed by atoms with Gasteiger partial charge in [-0.15, -0.1) is 0 Å². The number of hydrogen-bond acceptors (Lipinski definition) is 3. The Labute approximate surface area is 76.2 Å². The maximum atomic E-state index is 5.60. The van der Waals surface area contributed by atoms with Crippen molar-refractivity contribution in [1.82, 2.24) is 0 Å². The zero-order valence-corrected chi connectivity index (χ0v) is 7.10. The van der Waals surface area contributed by atoms with Crippen LogP contribution in [-0.4, -0.2) is 19.3 Å². The summed E-state index contributed by atoms with van der Waals surface area (Å²) < 4.78 is 16.7. The Kier molecular flexibility index (Phi) is 1.54. The van der Waals surface area contributed by atoms with Crippen LogP contribution in [-0.2, 0) is 9.47 Å². The molecule has 3 heteroatoms. The summed E-state index contributed by atoms with van der Waals surface area (Å²) in [6.07, 6.45) is -0.124. The molecule has 0 spiro atoms. The fourth-order valence-electron chi connectivity index (χ4n) is 1.69. The molecule has 2 heterocycles. The second kappa shape index (κ2) is 2.72. The third-order valence-electron chi connectivity index (χ3n) is 2.35. The number of benzene rings is 1. The van der Waals surface area contributed by atoms with Gasteiger partial charge < -0.3 is 14.2 Å². The van der Waals surface area contributed by atoms with Crippen LogP contribution in [0.15, 0.2) is 24.3 Å². The highest BCUT2D eigenvalue weighted by molar-refractivity contribution is 5.35. The molecule has 68 valence electrons. The molecule has 0 N–H and O–H groups in total. The lowest BCUT2D eigenvalue weighted by atomic mass is 10.2. The van der Waals surface area contributed by atoms with Crippen molar-refractivity contribution in [2.45, 2.75) is 12.4 Å². The molecule has 2 aliphatic rings. The highest BCUT2D eigenvalue weighted by Crippen LogP contribution is 2.36. The number of ether oxygens (including phenoxy) is 3. The fraction of sp³-hybridized carbons (Fsp3) is 0.400. The van der Waals surface area contributed by atoms with E-state index in [0.29, 0.717) is 13.2 Å². The second-order valence-corrected chi connectivity index (χ2v) is 3.27. The number of para-hydroxylation sites is 1. The van der Waals surface area contributed by atoms with Crippen LogP contribution in [0.2, 0.25) is 0 Å². The van der Waals surface area contributed by atoms with E-state index in [1.54, 1.807) is 0 Å². The van der Waals surface area contributed by atoms with E-state index in [-0.39, 0.29) is 12.4 Å². The highest BCUT2D eigenvalue weighted by atomic mass is 16.7. The first-order valence-electron chi connectivity index (χ1n) is 4.42. The molecule has 0 amide bonds. The fourth-order valence-corrected chi connectivity index (χ4v) is 1.69. The highest BCUT2D eigenvalue weighted by Gasteiger charge is 2.32. The van der Waals surface area contributed by atoms with E-state index < -0.39 is 0 Å². The van der Waals surface area contributed by atoms with Crippen molar-refractivity contribution in [2.75, 3.05) is 13.2 Å². The quantitative estimate of drug-likeness (QED) is 0.602. The van der Waals surface area contributed by atoms with Crippen LogP contribution in [0.3, 0.4) is 0 Å². The van der Waals surface area contributed by atoms with Gasteiger partial charge in [0.2, 0.25) is 0 Å². The van der Waals surface area contributed by atoms with Crippen LogP contribution in [0.1, 0.15) is 11.9 Å². The Hall–Kier alpha value is -1.06. The third kappa shape index (κ3) is 1.12. The smallest absolute Gasteiger partial charge is 0.188 e. The van der Waals surface area contributed by atoms with E-state index in [0.717, 1.165) is 11.3 Å². The predicted octanol–water partition coefficient (Wildman–Crippen LogP) is 1.49. The van der Waals surface area contributed by atoms with Gasteiger partial charge in [-0.05, 0) is 6.07 Å². The molecule has 1 saturated heterocycles. The minimum atomic E-state index is -0.219. The van der Waals surface area contributed by atoms with Crippen molar-refractivity contribution in [3.05, 3.63) is 29.8 Å². The van der Waals surface area contributed by atoms with E-state index in [1.807, 2.05) is 24.3 Å². The minimum absolute atomic E-state index is 0.0948. The molecule has 0 aromatic heterocycles. The maximum absolute atomic E-state index is 5.60. The molecule has 1 fully saturated rings. The van der Waals surface area contributed by atoms with Crippen LogP contribution in [0.4, 0.5) is 0 Å². The van der Waals surface area contributed by atoms with Gasteiger partial charge in [-0.3, -0.25) is 0 Å². The Balaban J connectivity index is 2.07. The lowest BCUT2D eigenvalue weighted by Crippen LogP contribution is -2.18. The molecule has 0 radical (unpaired) electrons. The van der Waals surface area contributed by atoms with Crippen molar-refractivity contribution < 1.29 is 14.2 Å². The Morgan fingerprint density at radius 1 is 1.15 bits per heavy atom. The SMILES string of the molecule is c1ccc2c(c1)OCC1COC2O1. The van der Waals surface area contributed by atoms with E-state index in [2.05, 4.69) is 0 Å². The molecule has 2 aliphatic heterocycles. The van der Waals surface area contributed by atoms with Crippen LogP contribution < -0.4 is 4.74 Å². The molecule has 2 bridgehead atoms. The molecule has 3 rings (SSSR count). The number of hydrogen-bond donors (Lipinski definition) is 0. The lowest BCUT2D eigenvalue weighted by Gasteiger charge is -2.12. The van der Waals surface area contributed by atoms with Crippen LogP contribution in [0, 0.1) is 0 Å². The van der Waals surface area contributed by atoms with E-state index in [9.17, 15) is 0 Å². The predicted molar refractivity (Wildman–Crippen MR) is 45.5 cm³/mol. The van der Waals surface area contributed by atoms with Crippen molar-refractivity contribution >= 4 is 0 Å². The largest absolute Gasteiger partial charge is 0.490 e. The number of rotatable bonds is 0. The second-order valence-electron chi connectivity index (χ2n) is 3.27. The van der Waals surface area contributed by atoms with Gasteiger partial charge in [0, 0.05) is 5.56 Å². The average molecular weight is 178 g/mol. The Morgan fingerprint density at radius 3 is 3.08 bits per heavy atom. The molecule has 3 nitrogen and oxygen atoms in total. The summed E-state index contributed by atoms with van der Waals surface area (Å²) in [6, 6.07) is 7.85. The first kappa shape index (κ1) is 7.35. The van der Waals surface area contributed by atoms with Crippen molar-refractivity contribution in [2.24, 2.45) is 0 Å². The summed E-state index contributed by atoms with van der Waals surface area (Å²) in [5.41, 5.74) is 1.00. The zero-order valence-electron chi connectivity index (χ0n) is 7.10. The molecule has 13 heavy (non-hydrogen) atoms. The van der Waals surface area contributed by atoms with Gasteiger partial charge in [0.15, 0.2) is 6.29 Å². The van der Waals surface area contributed by atoms with Gasteiger partial charge in [0.25, 0.3) is 0 Å². The van der Waals surface area contributed by atoms with Crippen LogP contribution in [0.5, 0.6) is 5.75 Å². The monoisotopic (exact) mass is 178 g/mol. The molecule has 0 saturated carbocycles. The standard InChI is InChI=1S/C10H10O3/c1-2-4-9-8(3-1)10-12-6-7(13-10)5-11-9/h1-4,7,10H,5-6H2. The van der Waals surface area contributed by atoms with E-state index in [4.69, 9.17) is 14.2 Å². The first-order chi connectivity index (χ1) is 6.43. The molecule has 2 unspecified atom stereocenters. The summed E-state index contributed by atoms with van der Waals surface area (Å²) in [5, 5.41) is 0. The Morgan fingerprint density at radius 2 is 2.08 bits per heavy atom. The van der Waals surface area contributed by atoms with Crippen molar-refractivity contribution in [1.29, 1.82) is 0 Å². The normalized spacial score (nSPS) is 30.5. The number of fused-ring (bicyclic) bond motifs is 4. The summed E-state index contributed by atoms with van der Waals surface area (Å²) in [7, 11) is 0. The maximum Gasteiger partial charge on any atom is 0.188 e. The Bertz CT molecular complexity index is 324. The molecule has 2 atom stereocenters. The summed E-state index contributed by atoms with van der Waals surface area (Å²) in [5.74, 6) is 0.884. The average Bonchev–Trinajstić information content (AvgIpc) is 2.54. The van der Waals surface area contributed by atoms with Gasteiger partial charge in [-0.1, -0.05) is 18.2 Å². The van der Waals surface area contributed by atoms with Gasteiger partial charge in [0.05, 0.1) is 6.61 Å². The molecular formula is C10H10O3. The summed E-state index contributed by atoms with van der Waals surface area (Å²) >= 11 is 0. The van der Waals surface area contributed by atoms with E-state index in [1.165, 1.54) is 0 Å². The molecule has 1 aromatic carbocycles. The lowest BCUT2D eigenvalue weighted by molar-refractivity contribution is -0.0579. The van der Waals surface area contributed by atoms with Gasteiger partial charge in [-0.2, -0.15) is 0 Å². The first-order valence-corrected chi connectivity index (χ1v) is 4.42. The molecule has 0 aliphatic carbocycles. The van der Waals surface area contributed by atoms with E-state index >= 15 is 0 Å². The van der Waals surface area contributed by atoms with Crippen molar-refractivity contribution in [3.8, 4) is 5.75 Å². The van der Waals surface area contributed by atoms with Crippen LogP contribution >= 0.6 is 0 Å². The summed E-state index contributed by atoms with van der Waals surface area (Å²) in [4.78, 5) is 0. The van der Waals surface area contributed by atoms with Gasteiger partial charge in [-0.25, -0.2) is 0 Å². The topological polar surface area (TPSA) is 27.7 Å². The van der Waals surface area contributed by atoms with Crippen molar-refractivity contribution in [3.63, 3.8) is 0 Å². The molecule has 1 aromatic rings. The molecular weight excluding hydrogens is 168 g/mol. The third-order valence-corrected chi connectivity index (χ3v) is 2.35. The zero-order chi connectivity index (χ0) is 8.67.